The van der Waals surface area contributed by atoms with Gasteiger partial charge in [0.1, 0.15) is 11.8 Å². The zero-order valence-electron chi connectivity index (χ0n) is 8.24. The molecule has 0 amide bonds. The molecule has 0 atom stereocenters. The van der Waals surface area contributed by atoms with E-state index in [9.17, 15) is 4.79 Å². The molecule has 0 radical (unpaired) electrons. The van der Waals surface area contributed by atoms with Crippen LogP contribution in [-0.2, 0) is 11.3 Å². The molecule has 0 fully saturated rings. The second kappa shape index (κ2) is 3.97. The lowest BCUT2D eigenvalue weighted by Gasteiger charge is -2.05. The Bertz CT molecular complexity index is 399. The van der Waals surface area contributed by atoms with Gasteiger partial charge in [0.2, 0.25) is 0 Å². The van der Waals surface area contributed by atoms with Crippen LogP contribution in [0.4, 0.5) is 0 Å². The minimum atomic E-state index is -0.848. The molecule has 0 aromatic carbocycles. The van der Waals surface area contributed by atoms with Crippen LogP contribution in [0, 0.1) is 25.2 Å². The Balaban J connectivity index is 2.96. The van der Waals surface area contributed by atoms with E-state index in [1.54, 1.807) is 4.57 Å². The van der Waals surface area contributed by atoms with Gasteiger partial charge >= 0.3 is 5.97 Å². The number of nitriles is 1. The molecule has 1 aromatic heterocycles. The first-order valence-electron chi connectivity index (χ1n) is 4.35. The van der Waals surface area contributed by atoms with Crippen molar-refractivity contribution in [2.24, 2.45) is 0 Å². The second-order valence-corrected chi connectivity index (χ2v) is 3.22. The fourth-order valence-electron chi connectivity index (χ4n) is 1.49. The largest absolute Gasteiger partial charge is 0.481 e. The van der Waals surface area contributed by atoms with Crippen molar-refractivity contribution in [2.75, 3.05) is 0 Å². The first-order chi connectivity index (χ1) is 6.56. The number of carboxylic acids is 1. The van der Waals surface area contributed by atoms with Gasteiger partial charge in [-0.2, -0.15) is 5.26 Å². The molecule has 0 saturated carbocycles. The van der Waals surface area contributed by atoms with E-state index in [0.29, 0.717) is 12.2 Å². The van der Waals surface area contributed by atoms with Crippen molar-refractivity contribution < 1.29 is 9.90 Å². The number of aromatic nitrogens is 1. The average molecular weight is 192 g/mol. The molecule has 14 heavy (non-hydrogen) atoms. The number of nitrogens with zero attached hydrogens (tertiary/aromatic N) is 2. The van der Waals surface area contributed by atoms with Gasteiger partial charge in [-0.15, -0.1) is 0 Å². The summed E-state index contributed by atoms with van der Waals surface area (Å²) in [5, 5.41) is 17.4. The highest BCUT2D eigenvalue weighted by Crippen LogP contribution is 2.14. The molecule has 74 valence electrons. The van der Waals surface area contributed by atoms with Gasteiger partial charge in [0.15, 0.2) is 0 Å². The van der Waals surface area contributed by atoms with Crippen molar-refractivity contribution in [3.63, 3.8) is 0 Å². The van der Waals surface area contributed by atoms with Crippen LogP contribution >= 0.6 is 0 Å². The molecule has 0 bridgehead atoms. The molecule has 1 heterocycles. The van der Waals surface area contributed by atoms with Crippen molar-refractivity contribution in [1.29, 1.82) is 5.26 Å². The molecule has 4 nitrogen and oxygen atoms in total. The third kappa shape index (κ3) is 1.94. The van der Waals surface area contributed by atoms with E-state index < -0.39 is 5.97 Å². The number of aryl methyl sites for hydroxylation is 2. The van der Waals surface area contributed by atoms with Gasteiger partial charge in [0.05, 0.1) is 6.42 Å². The van der Waals surface area contributed by atoms with E-state index >= 15 is 0 Å². The smallest absolute Gasteiger partial charge is 0.305 e. The molecule has 0 aliphatic carbocycles. The minimum absolute atomic E-state index is 0.0453. The monoisotopic (exact) mass is 192 g/mol. The Morgan fingerprint density at radius 2 is 2.29 bits per heavy atom. The number of hydrogen-bond acceptors (Lipinski definition) is 2. The van der Waals surface area contributed by atoms with E-state index in [0.717, 1.165) is 11.3 Å². The number of carboxylic acid groups (broad SMARTS) is 1. The predicted octanol–water partition coefficient (Wildman–Crippen LogP) is 1.45. The quantitative estimate of drug-likeness (QED) is 0.788. The maximum Gasteiger partial charge on any atom is 0.305 e. The molecular weight excluding hydrogens is 180 g/mol. The number of hydrogen-bond donors (Lipinski definition) is 1. The van der Waals surface area contributed by atoms with E-state index in [1.807, 2.05) is 19.9 Å². The van der Waals surface area contributed by atoms with Gasteiger partial charge in [0.25, 0.3) is 0 Å². The zero-order chi connectivity index (χ0) is 10.7. The highest BCUT2D eigenvalue weighted by Gasteiger charge is 2.09. The maximum absolute atomic E-state index is 10.4. The lowest BCUT2D eigenvalue weighted by atomic mass is 10.3. The van der Waals surface area contributed by atoms with Crippen LogP contribution in [0.25, 0.3) is 0 Å². The van der Waals surface area contributed by atoms with Crippen molar-refractivity contribution in [1.82, 2.24) is 4.57 Å². The molecule has 1 aromatic rings. The molecule has 0 aliphatic rings. The SMILES string of the molecule is Cc1cc(C)n(CCC(=O)O)c1C#N. The lowest BCUT2D eigenvalue weighted by molar-refractivity contribution is -0.137. The lowest BCUT2D eigenvalue weighted by Crippen LogP contribution is -2.07. The van der Waals surface area contributed by atoms with Gasteiger partial charge in [-0.25, -0.2) is 0 Å². The summed E-state index contributed by atoms with van der Waals surface area (Å²) in [6.07, 6.45) is 0.0453. The second-order valence-electron chi connectivity index (χ2n) is 3.22. The van der Waals surface area contributed by atoms with Crippen molar-refractivity contribution >= 4 is 5.97 Å². The molecule has 0 spiro atoms. The van der Waals surface area contributed by atoms with Crippen LogP contribution in [0.3, 0.4) is 0 Å². The normalized spacial score (nSPS) is 9.79. The topological polar surface area (TPSA) is 66.0 Å². The molecular formula is C10H12N2O2. The summed E-state index contributed by atoms with van der Waals surface area (Å²) in [4.78, 5) is 10.4. The van der Waals surface area contributed by atoms with Crippen LogP contribution in [-0.4, -0.2) is 15.6 Å². The molecule has 0 unspecified atom stereocenters. The Morgan fingerprint density at radius 1 is 1.64 bits per heavy atom. The summed E-state index contributed by atoms with van der Waals surface area (Å²) in [6, 6.07) is 3.97. The molecule has 1 rings (SSSR count). The van der Waals surface area contributed by atoms with Gasteiger partial charge in [-0.05, 0) is 25.5 Å². The average Bonchev–Trinajstić information content (AvgIpc) is 2.36. The Morgan fingerprint density at radius 3 is 2.79 bits per heavy atom. The van der Waals surface area contributed by atoms with Gasteiger partial charge in [-0.3, -0.25) is 4.79 Å². The third-order valence-electron chi connectivity index (χ3n) is 2.15. The maximum atomic E-state index is 10.4. The summed E-state index contributed by atoms with van der Waals surface area (Å²) in [5.41, 5.74) is 2.39. The Labute approximate surface area is 82.4 Å². The van der Waals surface area contributed by atoms with Crippen molar-refractivity contribution in [3.05, 3.63) is 23.0 Å². The summed E-state index contributed by atoms with van der Waals surface area (Å²) < 4.78 is 1.74. The van der Waals surface area contributed by atoms with Crippen LogP contribution < -0.4 is 0 Å². The number of carbonyl (C=O) groups is 1. The Hall–Kier alpha value is -1.76. The summed E-state index contributed by atoms with van der Waals surface area (Å²) in [6.45, 7) is 4.08. The fourth-order valence-corrected chi connectivity index (χ4v) is 1.49. The van der Waals surface area contributed by atoms with Crippen LogP contribution in [0.1, 0.15) is 23.4 Å². The van der Waals surface area contributed by atoms with E-state index in [-0.39, 0.29) is 6.42 Å². The third-order valence-corrected chi connectivity index (χ3v) is 2.15. The highest BCUT2D eigenvalue weighted by atomic mass is 16.4. The van der Waals surface area contributed by atoms with E-state index in [2.05, 4.69) is 6.07 Å². The highest BCUT2D eigenvalue weighted by molar-refractivity contribution is 5.66. The van der Waals surface area contributed by atoms with E-state index in [1.165, 1.54) is 0 Å². The molecule has 0 aliphatic heterocycles. The molecule has 4 heteroatoms. The van der Waals surface area contributed by atoms with Crippen LogP contribution in [0.5, 0.6) is 0 Å². The van der Waals surface area contributed by atoms with Crippen molar-refractivity contribution in [3.8, 4) is 6.07 Å². The van der Waals surface area contributed by atoms with Gasteiger partial charge < -0.3 is 9.67 Å². The van der Waals surface area contributed by atoms with Crippen LogP contribution in [0.2, 0.25) is 0 Å². The standard InChI is InChI=1S/C10H12N2O2/c1-7-5-8(2)12(9(7)6-11)4-3-10(13)14/h5H,3-4H2,1-2H3,(H,13,14). The predicted molar refractivity (Wildman–Crippen MR) is 50.9 cm³/mol. The van der Waals surface area contributed by atoms with E-state index in [4.69, 9.17) is 10.4 Å². The zero-order valence-corrected chi connectivity index (χ0v) is 8.24. The summed E-state index contributed by atoms with van der Waals surface area (Å²) in [5.74, 6) is -0.848. The summed E-state index contributed by atoms with van der Waals surface area (Å²) >= 11 is 0. The summed E-state index contributed by atoms with van der Waals surface area (Å²) in [7, 11) is 0. The van der Waals surface area contributed by atoms with Gasteiger partial charge in [0, 0.05) is 12.2 Å². The number of aliphatic carboxylic acids is 1. The van der Waals surface area contributed by atoms with Gasteiger partial charge in [-0.1, -0.05) is 0 Å². The fraction of sp³-hybridized carbons (Fsp3) is 0.400. The minimum Gasteiger partial charge on any atom is -0.481 e. The first kappa shape index (κ1) is 10.3. The number of rotatable bonds is 3. The van der Waals surface area contributed by atoms with Crippen LogP contribution in [0.15, 0.2) is 6.07 Å². The Kier molecular flexibility index (Phi) is 2.92. The molecule has 0 saturated heterocycles. The molecule has 1 N–H and O–H groups in total. The first-order valence-corrected chi connectivity index (χ1v) is 4.35. The van der Waals surface area contributed by atoms with Crippen molar-refractivity contribution in [2.45, 2.75) is 26.8 Å².